The van der Waals surface area contributed by atoms with E-state index in [1.54, 1.807) is 0 Å². The summed E-state index contributed by atoms with van der Waals surface area (Å²) in [6.07, 6.45) is 4.58. The van der Waals surface area contributed by atoms with Gasteiger partial charge in [0.1, 0.15) is 0 Å². The fourth-order valence-electron chi connectivity index (χ4n) is 2.37. The van der Waals surface area contributed by atoms with Crippen molar-refractivity contribution in [1.82, 2.24) is 4.90 Å². The van der Waals surface area contributed by atoms with Crippen LogP contribution < -0.4 is 0 Å². The maximum absolute atomic E-state index is 9.20. The Morgan fingerprint density at radius 2 is 1.65 bits per heavy atom. The first kappa shape index (κ1) is 17.9. The van der Waals surface area contributed by atoms with Crippen LogP contribution in [0.15, 0.2) is 0 Å². The number of aliphatic hydroxyl groups is 1. The minimum Gasteiger partial charge on any atom is -0.395 e. The molecule has 120 valence electrons. The molecule has 1 aliphatic heterocycles. The van der Waals surface area contributed by atoms with Gasteiger partial charge in [-0.3, -0.25) is 4.90 Å². The number of unbranched alkanes of at least 4 members (excludes halogenated alkanes) is 1. The van der Waals surface area contributed by atoms with E-state index in [2.05, 4.69) is 11.8 Å². The predicted octanol–water partition coefficient (Wildman–Crippen LogP) is 1.29. The number of likely N-dealkylation sites (tertiary alicyclic amines) is 1. The largest absolute Gasteiger partial charge is 0.395 e. The Morgan fingerprint density at radius 1 is 1.00 bits per heavy atom. The third-order valence-electron chi connectivity index (χ3n) is 3.62. The van der Waals surface area contributed by atoms with Crippen LogP contribution in [0.4, 0.5) is 0 Å². The van der Waals surface area contributed by atoms with Gasteiger partial charge in [-0.25, -0.2) is 0 Å². The normalized spacial score (nSPS) is 19.8. The highest BCUT2D eigenvalue weighted by Crippen LogP contribution is 2.15. The summed E-state index contributed by atoms with van der Waals surface area (Å²) in [5.74, 6) is 0. The summed E-state index contributed by atoms with van der Waals surface area (Å²) in [6, 6.07) is 0.343. The number of hydrogen-bond donors (Lipinski definition) is 1. The minimum absolute atomic E-state index is 0.265. The molecule has 1 aliphatic rings. The first-order chi connectivity index (χ1) is 9.88. The number of nitrogens with zero attached hydrogens (tertiary/aromatic N) is 1. The van der Waals surface area contributed by atoms with Gasteiger partial charge in [-0.2, -0.15) is 0 Å². The van der Waals surface area contributed by atoms with Crippen LogP contribution in [0.25, 0.3) is 0 Å². The van der Waals surface area contributed by atoms with Gasteiger partial charge in [-0.15, -0.1) is 0 Å². The van der Waals surface area contributed by atoms with Gasteiger partial charge in [0.2, 0.25) is 0 Å². The lowest BCUT2D eigenvalue weighted by Crippen LogP contribution is -2.35. The van der Waals surface area contributed by atoms with Gasteiger partial charge in [0, 0.05) is 19.2 Å². The average Bonchev–Trinajstić information content (AvgIpc) is 2.92. The molecule has 5 nitrogen and oxygen atoms in total. The smallest absolute Gasteiger partial charge is 0.0701 e. The zero-order valence-corrected chi connectivity index (χ0v) is 12.9. The Morgan fingerprint density at radius 3 is 2.30 bits per heavy atom. The molecule has 0 radical (unpaired) electrons. The standard InChI is InChI=1S/C15H31NO4/c1-2-3-8-18-10-12-20-13-11-19-9-7-16-6-4-5-15(16)14-17/h15,17H,2-14H2,1H3/t15-/m1/s1. The summed E-state index contributed by atoms with van der Waals surface area (Å²) in [5.41, 5.74) is 0. The quantitative estimate of drug-likeness (QED) is 0.518. The van der Waals surface area contributed by atoms with Gasteiger partial charge in [0.25, 0.3) is 0 Å². The van der Waals surface area contributed by atoms with Crippen molar-refractivity contribution in [1.29, 1.82) is 0 Å². The fourth-order valence-corrected chi connectivity index (χ4v) is 2.37. The molecule has 0 bridgehead atoms. The van der Waals surface area contributed by atoms with Crippen molar-refractivity contribution in [2.24, 2.45) is 0 Å². The Kier molecular flexibility index (Phi) is 11.2. The van der Waals surface area contributed by atoms with Crippen molar-refractivity contribution in [3.8, 4) is 0 Å². The van der Waals surface area contributed by atoms with Crippen LogP contribution in [0.1, 0.15) is 32.6 Å². The van der Waals surface area contributed by atoms with Crippen molar-refractivity contribution in [3.63, 3.8) is 0 Å². The monoisotopic (exact) mass is 289 g/mol. The molecule has 1 fully saturated rings. The Bertz CT molecular complexity index is 216. The van der Waals surface area contributed by atoms with Gasteiger partial charge in [0.15, 0.2) is 0 Å². The number of hydrogen-bond acceptors (Lipinski definition) is 5. The molecule has 0 amide bonds. The zero-order chi connectivity index (χ0) is 14.5. The SMILES string of the molecule is CCCCOCCOCCOCCN1CCC[C@@H]1CO. The molecule has 0 spiro atoms. The second-order valence-corrected chi connectivity index (χ2v) is 5.21. The highest BCUT2D eigenvalue weighted by molar-refractivity contribution is 4.77. The molecule has 1 saturated heterocycles. The van der Waals surface area contributed by atoms with Gasteiger partial charge in [-0.05, 0) is 25.8 Å². The van der Waals surface area contributed by atoms with E-state index >= 15 is 0 Å². The summed E-state index contributed by atoms with van der Waals surface area (Å²) < 4.78 is 16.4. The molecule has 1 atom stereocenters. The van der Waals surface area contributed by atoms with E-state index in [4.69, 9.17) is 14.2 Å². The highest BCUT2D eigenvalue weighted by atomic mass is 16.5. The average molecular weight is 289 g/mol. The van der Waals surface area contributed by atoms with E-state index in [1.165, 1.54) is 12.8 Å². The Balaban J connectivity index is 1.78. The molecule has 1 rings (SSSR count). The summed E-state index contributed by atoms with van der Waals surface area (Å²) in [4.78, 5) is 2.31. The van der Waals surface area contributed by atoms with Crippen molar-refractivity contribution >= 4 is 0 Å². The Labute approximate surface area is 123 Å². The molecule has 0 aromatic carbocycles. The molecule has 0 aliphatic carbocycles. The van der Waals surface area contributed by atoms with E-state index < -0.39 is 0 Å². The molecule has 1 heterocycles. The van der Waals surface area contributed by atoms with Crippen LogP contribution in [0.5, 0.6) is 0 Å². The minimum atomic E-state index is 0.265. The summed E-state index contributed by atoms with van der Waals surface area (Å²) in [6.45, 7) is 8.53. The van der Waals surface area contributed by atoms with Crippen LogP contribution >= 0.6 is 0 Å². The van der Waals surface area contributed by atoms with Crippen LogP contribution in [0, 0.1) is 0 Å². The molecular formula is C15H31NO4. The van der Waals surface area contributed by atoms with Crippen molar-refractivity contribution in [3.05, 3.63) is 0 Å². The van der Waals surface area contributed by atoms with Crippen molar-refractivity contribution in [2.75, 3.05) is 59.3 Å². The second kappa shape index (κ2) is 12.5. The molecular weight excluding hydrogens is 258 g/mol. The van der Waals surface area contributed by atoms with E-state index in [9.17, 15) is 5.11 Å². The summed E-state index contributed by atoms with van der Waals surface area (Å²) >= 11 is 0. The maximum atomic E-state index is 9.20. The second-order valence-electron chi connectivity index (χ2n) is 5.21. The third kappa shape index (κ3) is 8.17. The molecule has 0 unspecified atom stereocenters. The van der Waals surface area contributed by atoms with E-state index in [1.807, 2.05) is 0 Å². The third-order valence-corrected chi connectivity index (χ3v) is 3.62. The van der Waals surface area contributed by atoms with Crippen LogP contribution in [-0.4, -0.2) is 75.4 Å². The molecule has 0 aromatic rings. The Hall–Kier alpha value is -0.200. The highest BCUT2D eigenvalue weighted by Gasteiger charge is 2.22. The number of rotatable bonds is 13. The topological polar surface area (TPSA) is 51.2 Å². The summed E-state index contributed by atoms with van der Waals surface area (Å²) in [7, 11) is 0. The lowest BCUT2D eigenvalue weighted by molar-refractivity contribution is 0.00845. The first-order valence-electron chi connectivity index (χ1n) is 7.96. The van der Waals surface area contributed by atoms with E-state index in [0.29, 0.717) is 39.1 Å². The lowest BCUT2D eigenvalue weighted by Gasteiger charge is -2.22. The van der Waals surface area contributed by atoms with Crippen LogP contribution in [0.3, 0.4) is 0 Å². The molecule has 5 heteroatoms. The first-order valence-corrected chi connectivity index (χ1v) is 7.96. The predicted molar refractivity (Wildman–Crippen MR) is 79.0 cm³/mol. The van der Waals surface area contributed by atoms with Gasteiger partial charge in [0.05, 0.1) is 39.6 Å². The summed E-state index contributed by atoms with van der Waals surface area (Å²) in [5, 5.41) is 9.20. The zero-order valence-electron chi connectivity index (χ0n) is 12.9. The lowest BCUT2D eigenvalue weighted by atomic mass is 10.2. The van der Waals surface area contributed by atoms with Crippen molar-refractivity contribution in [2.45, 2.75) is 38.6 Å². The number of ether oxygens (including phenoxy) is 3. The molecule has 0 saturated carbocycles. The molecule has 0 aromatic heterocycles. The van der Waals surface area contributed by atoms with E-state index in [-0.39, 0.29) is 6.61 Å². The van der Waals surface area contributed by atoms with Crippen LogP contribution in [0.2, 0.25) is 0 Å². The molecule has 20 heavy (non-hydrogen) atoms. The number of aliphatic hydroxyl groups excluding tert-OH is 1. The van der Waals surface area contributed by atoms with Gasteiger partial charge in [-0.1, -0.05) is 13.3 Å². The van der Waals surface area contributed by atoms with Gasteiger partial charge < -0.3 is 19.3 Å². The van der Waals surface area contributed by atoms with Crippen LogP contribution in [-0.2, 0) is 14.2 Å². The fraction of sp³-hybridized carbons (Fsp3) is 1.00. The maximum Gasteiger partial charge on any atom is 0.0701 e. The van der Waals surface area contributed by atoms with Gasteiger partial charge >= 0.3 is 0 Å². The van der Waals surface area contributed by atoms with Crippen molar-refractivity contribution < 1.29 is 19.3 Å². The van der Waals surface area contributed by atoms with E-state index in [0.717, 1.165) is 32.5 Å². The molecule has 1 N–H and O–H groups in total.